The van der Waals surface area contributed by atoms with Crippen molar-refractivity contribution >= 4 is 49.6 Å². The Morgan fingerprint density at radius 2 is 0.825 bits per heavy atom. The van der Waals surface area contributed by atoms with Gasteiger partial charge in [0.05, 0.1) is 16.7 Å². The molecule has 0 radical (unpaired) electrons. The first-order chi connectivity index (χ1) is 31.0. The Balaban J connectivity index is 1.16. The van der Waals surface area contributed by atoms with Gasteiger partial charge < -0.3 is 9.47 Å². The molecule has 0 N–H and O–H groups in total. The summed E-state index contributed by atoms with van der Waals surface area (Å²) >= 11 is 0. The number of fused-ring (bicyclic) bond motifs is 9. The van der Waals surface area contributed by atoms with Gasteiger partial charge in [-0.1, -0.05) is 196 Å². The van der Waals surface area contributed by atoms with Gasteiger partial charge in [-0.05, 0) is 110 Å². The lowest BCUT2D eigenvalue weighted by molar-refractivity contribution is 0.661. The molecule has 0 bridgehead atoms. The van der Waals surface area contributed by atoms with Crippen molar-refractivity contribution in [2.75, 3.05) is 4.90 Å². The normalized spacial score (nSPS) is 12.7. The second kappa shape index (κ2) is 14.6. The molecule has 0 atom stereocenters. The summed E-state index contributed by atoms with van der Waals surface area (Å²) in [6, 6.07) is 84.5. The average molecular weight is 805 g/mol. The number of anilines is 3. The molecule has 0 spiro atoms. The molecule has 63 heavy (non-hydrogen) atoms. The standard InChI is InChI=1S/C61H44N2/c1-61(2)53-25-15-14-24-52(53)58-54(61)38-39-55-60(58)59-51-23-13-12-22-50(51)56(40-57(59)63(55)49-36-30-46(31-37-49)43-20-10-5-11-21-43)62(47-32-26-44(27-33-47)41-16-6-3-7-17-41)48-34-28-45(29-35-48)42-18-8-4-9-19-42/h3-40H,1-2H3. The Kier molecular flexibility index (Phi) is 8.55. The summed E-state index contributed by atoms with van der Waals surface area (Å²) in [4.78, 5) is 2.45. The molecule has 0 unspecified atom stereocenters. The summed E-state index contributed by atoms with van der Waals surface area (Å²) in [7, 11) is 0. The molecule has 0 saturated carbocycles. The highest BCUT2D eigenvalue weighted by atomic mass is 15.1. The van der Waals surface area contributed by atoms with Gasteiger partial charge in [-0.15, -0.1) is 0 Å². The predicted octanol–water partition coefficient (Wildman–Crippen LogP) is 16.7. The Bertz CT molecular complexity index is 3390. The third kappa shape index (κ3) is 5.94. The van der Waals surface area contributed by atoms with E-state index in [1.807, 2.05) is 0 Å². The van der Waals surface area contributed by atoms with Crippen molar-refractivity contribution in [2.24, 2.45) is 0 Å². The van der Waals surface area contributed by atoms with Crippen LogP contribution in [0, 0.1) is 0 Å². The number of hydrogen-bond acceptors (Lipinski definition) is 1. The van der Waals surface area contributed by atoms with Gasteiger partial charge in [0.25, 0.3) is 0 Å². The first kappa shape index (κ1) is 36.9. The van der Waals surface area contributed by atoms with Crippen LogP contribution >= 0.6 is 0 Å². The van der Waals surface area contributed by atoms with E-state index < -0.39 is 0 Å². The fraction of sp³-hybridized carbons (Fsp3) is 0.0492. The number of aromatic nitrogens is 1. The van der Waals surface area contributed by atoms with E-state index in [1.165, 1.54) is 88.2 Å². The molecule has 0 amide bonds. The van der Waals surface area contributed by atoms with Crippen LogP contribution in [0.2, 0.25) is 0 Å². The molecule has 0 fully saturated rings. The topological polar surface area (TPSA) is 8.17 Å². The zero-order valence-electron chi connectivity index (χ0n) is 35.3. The molecule has 2 nitrogen and oxygen atoms in total. The molecule has 10 aromatic carbocycles. The van der Waals surface area contributed by atoms with Crippen molar-refractivity contribution in [1.82, 2.24) is 4.57 Å². The van der Waals surface area contributed by atoms with E-state index >= 15 is 0 Å². The number of nitrogens with zero attached hydrogens (tertiary/aromatic N) is 2. The van der Waals surface area contributed by atoms with Crippen molar-refractivity contribution in [2.45, 2.75) is 19.3 Å². The highest BCUT2D eigenvalue weighted by Crippen LogP contribution is 2.55. The molecule has 12 rings (SSSR count). The second-order valence-electron chi connectivity index (χ2n) is 17.3. The zero-order chi connectivity index (χ0) is 42.1. The summed E-state index contributed by atoms with van der Waals surface area (Å²) in [6.45, 7) is 4.76. The number of hydrogen-bond donors (Lipinski definition) is 0. The van der Waals surface area contributed by atoms with E-state index in [0.29, 0.717) is 0 Å². The maximum absolute atomic E-state index is 2.51. The van der Waals surface area contributed by atoms with Gasteiger partial charge in [0.15, 0.2) is 0 Å². The van der Waals surface area contributed by atoms with Crippen molar-refractivity contribution in [1.29, 1.82) is 0 Å². The summed E-state index contributed by atoms with van der Waals surface area (Å²) in [5.41, 5.74) is 19.3. The minimum atomic E-state index is -0.129. The highest BCUT2D eigenvalue weighted by molar-refractivity contribution is 6.28. The van der Waals surface area contributed by atoms with Gasteiger partial charge >= 0.3 is 0 Å². The number of rotatable bonds is 7. The maximum atomic E-state index is 2.51. The van der Waals surface area contributed by atoms with Gasteiger partial charge in [0.1, 0.15) is 0 Å². The van der Waals surface area contributed by atoms with Gasteiger partial charge in [0, 0.05) is 38.6 Å². The third-order valence-electron chi connectivity index (χ3n) is 13.4. The molecule has 0 aliphatic heterocycles. The molecule has 1 aliphatic carbocycles. The first-order valence-corrected chi connectivity index (χ1v) is 21.9. The fourth-order valence-electron chi connectivity index (χ4n) is 10.3. The van der Waals surface area contributed by atoms with Crippen LogP contribution in [-0.4, -0.2) is 4.57 Å². The molecule has 1 aromatic heterocycles. The molecule has 1 heterocycles. The Morgan fingerprint density at radius 3 is 1.38 bits per heavy atom. The first-order valence-electron chi connectivity index (χ1n) is 21.9. The minimum absolute atomic E-state index is 0.129. The Hall–Kier alpha value is -7.94. The van der Waals surface area contributed by atoms with Crippen LogP contribution in [0.15, 0.2) is 231 Å². The molecule has 1 aliphatic rings. The molecular formula is C61H44N2. The summed E-state index contributed by atoms with van der Waals surface area (Å²) in [6.07, 6.45) is 0. The molecule has 2 heteroatoms. The Morgan fingerprint density at radius 1 is 0.365 bits per heavy atom. The van der Waals surface area contributed by atoms with E-state index in [-0.39, 0.29) is 5.41 Å². The van der Waals surface area contributed by atoms with Crippen LogP contribution in [-0.2, 0) is 5.41 Å². The third-order valence-corrected chi connectivity index (χ3v) is 13.4. The van der Waals surface area contributed by atoms with Crippen LogP contribution in [0.1, 0.15) is 25.0 Å². The largest absolute Gasteiger partial charge is 0.310 e. The highest BCUT2D eigenvalue weighted by Gasteiger charge is 2.37. The molecule has 298 valence electrons. The molecular weight excluding hydrogens is 761 g/mol. The van der Waals surface area contributed by atoms with Gasteiger partial charge in [-0.2, -0.15) is 0 Å². The Labute approximate surface area is 368 Å². The average Bonchev–Trinajstić information content (AvgIpc) is 3.81. The quantitative estimate of drug-likeness (QED) is 0.156. The number of benzene rings is 10. The summed E-state index contributed by atoms with van der Waals surface area (Å²) < 4.78 is 2.51. The SMILES string of the molecule is CC1(C)c2ccccc2-c2c1ccc1c2c2c3ccccc3c(N(c3ccc(-c4ccccc4)cc3)c3ccc(-c4ccccc4)cc3)cc2n1-c1ccc(-c2ccccc2)cc1. The molecule has 0 saturated heterocycles. The lowest BCUT2D eigenvalue weighted by Crippen LogP contribution is -2.14. The monoisotopic (exact) mass is 804 g/mol. The van der Waals surface area contributed by atoms with Crippen molar-refractivity contribution in [3.63, 3.8) is 0 Å². The van der Waals surface area contributed by atoms with Gasteiger partial charge in [0.2, 0.25) is 0 Å². The zero-order valence-corrected chi connectivity index (χ0v) is 35.3. The summed E-state index contributed by atoms with van der Waals surface area (Å²) in [5.74, 6) is 0. The van der Waals surface area contributed by atoms with Crippen LogP contribution in [0.4, 0.5) is 17.1 Å². The van der Waals surface area contributed by atoms with Crippen molar-refractivity contribution < 1.29 is 0 Å². The maximum Gasteiger partial charge on any atom is 0.0568 e. The van der Waals surface area contributed by atoms with E-state index in [0.717, 1.165) is 22.7 Å². The van der Waals surface area contributed by atoms with Crippen LogP contribution in [0.25, 0.3) is 82.8 Å². The second-order valence-corrected chi connectivity index (χ2v) is 17.3. The summed E-state index contributed by atoms with van der Waals surface area (Å²) in [5, 5.41) is 5.02. The van der Waals surface area contributed by atoms with Crippen LogP contribution in [0.3, 0.4) is 0 Å². The lowest BCUT2D eigenvalue weighted by Gasteiger charge is -2.28. The van der Waals surface area contributed by atoms with Crippen molar-refractivity contribution in [3.8, 4) is 50.2 Å². The van der Waals surface area contributed by atoms with Crippen LogP contribution in [0.5, 0.6) is 0 Å². The van der Waals surface area contributed by atoms with E-state index in [2.05, 4.69) is 254 Å². The smallest absolute Gasteiger partial charge is 0.0568 e. The fourth-order valence-corrected chi connectivity index (χ4v) is 10.3. The van der Waals surface area contributed by atoms with E-state index in [9.17, 15) is 0 Å². The van der Waals surface area contributed by atoms with E-state index in [1.54, 1.807) is 0 Å². The predicted molar refractivity (Wildman–Crippen MR) is 267 cm³/mol. The van der Waals surface area contributed by atoms with Gasteiger partial charge in [-0.3, -0.25) is 0 Å². The molecule has 11 aromatic rings. The van der Waals surface area contributed by atoms with Gasteiger partial charge in [-0.25, -0.2) is 0 Å². The lowest BCUT2D eigenvalue weighted by atomic mass is 9.82. The van der Waals surface area contributed by atoms with E-state index in [4.69, 9.17) is 0 Å². The van der Waals surface area contributed by atoms with Crippen molar-refractivity contribution in [3.05, 3.63) is 242 Å². The van der Waals surface area contributed by atoms with Crippen LogP contribution < -0.4 is 4.90 Å². The minimum Gasteiger partial charge on any atom is -0.310 e.